The number of quaternary nitrogens is 1. The number of methoxy groups -OCH3 is 1. The fourth-order valence-electron chi connectivity index (χ4n) is 4.88. The van der Waals surface area contributed by atoms with Crippen LogP contribution in [0.25, 0.3) is 5.76 Å². The standard InChI is InChI=1S/C26H28N2O7/c1-32-19-5-2-4-17(14-19)23-22(24(29)18-6-7-20-21(15-18)35-16-34-20)25(30)26(31)28(23)9-3-8-27-10-12-33-13-11-27/h2,4-7,14-15,23,29H,3,8-13,16H2,1H3/p+1. The van der Waals surface area contributed by atoms with Gasteiger partial charge >= 0.3 is 0 Å². The van der Waals surface area contributed by atoms with E-state index in [1.807, 2.05) is 12.1 Å². The molecule has 0 radical (unpaired) electrons. The molecular formula is C26H29N2O7+. The Morgan fingerprint density at radius 3 is 2.71 bits per heavy atom. The molecule has 0 spiro atoms. The predicted octanol–water partition coefficient (Wildman–Crippen LogP) is 1.15. The lowest BCUT2D eigenvalue weighted by Gasteiger charge is -2.27. The molecular weight excluding hydrogens is 452 g/mol. The fraction of sp³-hybridized carbons (Fsp3) is 0.385. The van der Waals surface area contributed by atoms with Gasteiger partial charge < -0.3 is 33.9 Å². The van der Waals surface area contributed by atoms with Gasteiger partial charge in [0.05, 0.1) is 38.5 Å². The van der Waals surface area contributed by atoms with Crippen molar-refractivity contribution in [2.24, 2.45) is 0 Å². The Hall–Kier alpha value is -3.56. The van der Waals surface area contributed by atoms with Gasteiger partial charge in [-0.2, -0.15) is 0 Å². The molecule has 0 saturated carbocycles. The fourth-order valence-corrected chi connectivity index (χ4v) is 4.88. The average Bonchev–Trinajstić information content (AvgIpc) is 3.46. The Labute approximate surface area is 203 Å². The molecule has 9 heteroatoms. The number of nitrogens with one attached hydrogen (secondary N) is 1. The van der Waals surface area contributed by atoms with Gasteiger partial charge in [0, 0.05) is 18.5 Å². The Bertz CT molecular complexity index is 1160. The van der Waals surface area contributed by atoms with E-state index in [0.29, 0.717) is 34.9 Å². The zero-order chi connectivity index (χ0) is 24.4. The van der Waals surface area contributed by atoms with Crippen LogP contribution in [0.3, 0.4) is 0 Å². The number of amides is 1. The van der Waals surface area contributed by atoms with Crippen molar-refractivity contribution in [1.82, 2.24) is 4.90 Å². The van der Waals surface area contributed by atoms with Gasteiger partial charge in [-0.15, -0.1) is 0 Å². The van der Waals surface area contributed by atoms with E-state index < -0.39 is 17.7 Å². The van der Waals surface area contributed by atoms with Gasteiger partial charge in [-0.25, -0.2) is 0 Å². The zero-order valence-electron chi connectivity index (χ0n) is 19.6. The summed E-state index contributed by atoms with van der Waals surface area (Å²) in [5, 5.41) is 11.3. The number of benzene rings is 2. The molecule has 35 heavy (non-hydrogen) atoms. The third-order valence-corrected chi connectivity index (χ3v) is 6.72. The first kappa shape index (κ1) is 23.2. The molecule has 3 aliphatic rings. The lowest BCUT2D eigenvalue weighted by atomic mass is 9.95. The van der Waals surface area contributed by atoms with E-state index in [4.69, 9.17) is 18.9 Å². The first-order valence-electron chi connectivity index (χ1n) is 11.8. The smallest absolute Gasteiger partial charge is 0.295 e. The Kier molecular flexibility index (Phi) is 6.61. The second kappa shape index (κ2) is 9.97. The first-order chi connectivity index (χ1) is 17.1. The van der Waals surface area contributed by atoms with E-state index in [0.717, 1.165) is 39.3 Å². The number of aliphatic hydroxyl groups excluding tert-OH is 1. The van der Waals surface area contributed by atoms with Crippen LogP contribution in [0.15, 0.2) is 48.0 Å². The number of carbonyl (C=O) groups excluding carboxylic acids is 2. The monoisotopic (exact) mass is 481 g/mol. The highest BCUT2D eigenvalue weighted by Gasteiger charge is 2.46. The van der Waals surface area contributed by atoms with Crippen molar-refractivity contribution in [3.8, 4) is 17.2 Å². The molecule has 9 nitrogen and oxygen atoms in total. The summed E-state index contributed by atoms with van der Waals surface area (Å²) in [5.74, 6) is 0.0974. The Morgan fingerprint density at radius 2 is 1.91 bits per heavy atom. The van der Waals surface area contributed by atoms with Gasteiger partial charge in [-0.05, 0) is 35.9 Å². The van der Waals surface area contributed by atoms with Gasteiger partial charge in [0.25, 0.3) is 11.7 Å². The van der Waals surface area contributed by atoms with Crippen LogP contribution >= 0.6 is 0 Å². The second-order valence-corrected chi connectivity index (χ2v) is 8.80. The molecule has 1 unspecified atom stereocenters. The summed E-state index contributed by atoms with van der Waals surface area (Å²) in [6, 6.07) is 11.5. The van der Waals surface area contributed by atoms with Crippen LogP contribution in [-0.2, 0) is 14.3 Å². The van der Waals surface area contributed by atoms with Crippen molar-refractivity contribution in [1.29, 1.82) is 0 Å². The van der Waals surface area contributed by atoms with Crippen LogP contribution in [0.2, 0.25) is 0 Å². The zero-order valence-corrected chi connectivity index (χ0v) is 19.6. The summed E-state index contributed by atoms with van der Waals surface area (Å²) in [6.45, 7) is 4.70. The van der Waals surface area contributed by atoms with E-state index in [-0.39, 0.29) is 18.1 Å². The molecule has 0 aromatic heterocycles. The highest BCUT2D eigenvalue weighted by molar-refractivity contribution is 6.46. The van der Waals surface area contributed by atoms with E-state index in [2.05, 4.69) is 0 Å². The number of hydrogen-bond acceptors (Lipinski definition) is 7. The van der Waals surface area contributed by atoms with Crippen molar-refractivity contribution in [3.63, 3.8) is 0 Å². The SMILES string of the molecule is COc1cccc(C2C(=C(O)c3ccc4c(c3)OCO4)C(=O)C(=O)N2CCC[NH+]2CCOCC2)c1. The number of aliphatic hydroxyl groups is 1. The summed E-state index contributed by atoms with van der Waals surface area (Å²) >= 11 is 0. The van der Waals surface area contributed by atoms with Crippen LogP contribution in [0.1, 0.15) is 23.6 Å². The minimum absolute atomic E-state index is 0.0563. The molecule has 2 N–H and O–H groups in total. The predicted molar refractivity (Wildman–Crippen MR) is 126 cm³/mol. The van der Waals surface area contributed by atoms with Crippen LogP contribution in [0.5, 0.6) is 17.2 Å². The summed E-state index contributed by atoms with van der Waals surface area (Å²) < 4.78 is 21.6. The molecule has 3 heterocycles. The molecule has 0 bridgehead atoms. The molecule has 1 atom stereocenters. The van der Waals surface area contributed by atoms with E-state index in [1.165, 1.54) is 4.90 Å². The minimum Gasteiger partial charge on any atom is -0.507 e. The highest BCUT2D eigenvalue weighted by Crippen LogP contribution is 2.42. The average molecular weight is 482 g/mol. The number of morpholine rings is 1. The molecule has 0 aliphatic carbocycles. The normalized spacial score (nSPS) is 21.5. The van der Waals surface area contributed by atoms with Crippen molar-refractivity contribution in [2.75, 3.05) is 53.3 Å². The second-order valence-electron chi connectivity index (χ2n) is 8.80. The highest BCUT2D eigenvalue weighted by atomic mass is 16.7. The lowest BCUT2D eigenvalue weighted by Crippen LogP contribution is -3.14. The molecule has 3 aliphatic heterocycles. The Morgan fingerprint density at radius 1 is 1.11 bits per heavy atom. The number of rotatable bonds is 7. The maximum absolute atomic E-state index is 13.2. The lowest BCUT2D eigenvalue weighted by molar-refractivity contribution is -0.908. The number of Topliss-reactive ketones (excluding diaryl/α,β-unsaturated/α-hetero) is 1. The number of carbonyl (C=O) groups is 2. The van der Waals surface area contributed by atoms with Crippen molar-refractivity contribution < 1.29 is 38.5 Å². The third kappa shape index (κ3) is 4.56. The number of nitrogens with zero attached hydrogens (tertiary/aromatic N) is 1. The van der Waals surface area contributed by atoms with Crippen LogP contribution in [0.4, 0.5) is 0 Å². The molecule has 2 aromatic carbocycles. The van der Waals surface area contributed by atoms with Gasteiger partial charge in [0.15, 0.2) is 11.5 Å². The third-order valence-electron chi connectivity index (χ3n) is 6.72. The number of hydrogen-bond donors (Lipinski definition) is 2. The van der Waals surface area contributed by atoms with Crippen molar-refractivity contribution in [2.45, 2.75) is 12.5 Å². The molecule has 2 saturated heterocycles. The van der Waals surface area contributed by atoms with Gasteiger partial charge in [-0.3, -0.25) is 9.59 Å². The van der Waals surface area contributed by atoms with E-state index >= 15 is 0 Å². The summed E-state index contributed by atoms with van der Waals surface area (Å²) in [5.41, 5.74) is 1.14. The van der Waals surface area contributed by atoms with Gasteiger partial charge in [0.1, 0.15) is 24.6 Å². The minimum atomic E-state index is -0.727. The molecule has 184 valence electrons. The van der Waals surface area contributed by atoms with E-state index in [1.54, 1.807) is 42.3 Å². The largest absolute Gasteiger partial charge is 0.507 e. The first-order valence-corrected chi connectivity index (χ1v) is 11.8. The number of likely N-dealkylation sites (tertiary alicyclic amines) is 1. The molecule has 5 rings (SSSR count). The van der Waals surface area contributed by atoms with E-state index in [9.17, 15) is 14.7 Å². The maximum Gasteiger partial charge on any atom is 0.295 e. The van der Waals surface area contributed by atoms with Crippen LogP contribution in [0, 0.1) is 0 Å². The number of ether oxygens (including phenoxy) is 4. The number of ketones is 1. The van der Waals surface area contributed by atoms with Gasteiger partial charge in [-0.1, -0.05) is 12.1 Å². The topological polar surface area (TPSA) is 99.0 Å². The molecule has 2 fully saturated rings. The maximum atomic E-state index is 13.2. The summed E-state index contributed by atoms with van der Waals surface area (Å²) in [4.78, 5) is 29.4. The molecule has 2 aromatic rings. The summed E-state index contributed by atoms with van der Waals surface area (Å²) in [7, 11) is 1.56. The Balaban J connectivity index is 1.49. The van der Waals surface area contributed by atoms with Crippen LogP contribution < -0.4 is 19.1 Å². The quantitative estimate of drug-likeness (QED) is 0.348. The van der Waals surface area contributed by atoms with Crippen molar-refractivity contribution >= 4 is 17.4 Å². The van der Waals surface area contributed by atoms with Crippen LogP contribution in [-0.4, -0.2) is 75.0 Å². The summed E-state index contributed by atoms with van der Waals surface area (Å²) in [6.07, 6.45) is 0.729. The van der Waals surface area contributed by atoms with Gasteiger partial charge in [0.2, 0.25) is 6.79 Å². The molecule has 1 amide bonds. The number of fused-ring (bicyclic) bond motifs is 1. The van der Waals surface area contributed by atoms with Crippen molar-refractivity contribution in [3.05, 3.63) is 59.2 Å².